The summed E-state index contributed by atoms with van der Waals surface area (Å²) >= 11 is 0. The van der Waals surface area contributed by atoms with Crippen LogP contribution in [0.5, 0.6) is 0 Å². The summed E-state index contributed by atoms with van der Waals surface area (Å²) in [6.45, 7) is 4.82. The summed E-state index contributed by atoms with van der Waals surface area (Å²) in [5.74, 6) is -0.144. The van der Waals surface area contributed by atoms with Gasteiger partial charge in [0.15, 0.2) is 0 Å². The molecule has 4 heteroatoms. The molecular formula is C16H19N3O. The molecule has 0 aliphatic carbocycles. The summed E-state index contributed by atoms with van der Waals surface area (Å²) in [7, 11) is 0. The monoisotopic (exact) mass is 269 g/mol. The van der Waals surface area contributed by atoms with Gasteiger partial charge in [0, 0.05) is 24.6 Å². The number of hydrogen-bond acceptors (Lipinski definition) is 3. The molecule has 0 saturated heterocycles. The van der Waals surface area contributed by atoms with Crippen molar-refractivity contribution >= 4 is 17.3 Å². The highest BCUT2D eigenvalue weighted by Crippen LogP contribution is 2.19. The average Bonchev–Trinajstić information content (AvgIpc) is 2.48. The van der Waals surface area contributed by atoms with Gasteiger partial charge in [0.2, 0.25) is 0 Å². The molecule has 0 atom stereocenters. The molecule has 0 aliphatic rings. The molecule has 0 unspecified atom stereocenters. The van der Waals surface area contributed by atoms with E-state index in [9.17, 15) is 4.79 Å². The molecule has 0 radical (unpaired) electrons. The smallest absolute Gasteiger partial charge is 0.259 e. The lowest BCUT2D eigenvalue weighted by molar-refractivity contribution is 0.102. The summed E-state index contributed by atoms with van der Waals surface area (Å²) in [6.07, 6.45) is 4.14. The molecule has 1 heterocycles. The Morgan fingerprint density at radius 2 is 1.95 bits per heavy atom. The molecule has 2 N–H and O–H groups in total. The van der Waals surface area contributed by atoms with Gasteiger partial charge in [-0.25, -0.2) is 0 Å². The van der Waals surface area contributed by atoms with Crippen LogP contribution in [0.25, 0.3) is 0 Å². The SMILES string of the molecule is CCNc1ccncc1C(=O)Nc1ccccc1CC. The second-order valence-corrected chi connectivity index (χ2v) is 4.42. The Morgan fingerprint density at radius 3 is 2.70 bits per heavy atom. The van der Waals surface area contributed by atoms with Crippen molar-refractivity contribution in [3.8, 4) is 0 Å². The van der Waals surface area contributed by atoms with Crippen LogP contribution in [0.4, 0.5) is 11.4 Å². The van der Waals surface area contributed by atoms with Crippen LogP contribution in [-0.4, -0.2) is 17.4 Å². The number of para-hydroxylation sites is 1. The number of amides is 1. The zero-order valence-corrected chi connectivity index (χ0v) is 11.8. The molecule has 104 valence electrons. The lowest BCUT2D eigenvalue weighted by Gasteiger charge is -2.12. The Hall–Kier alpha value is -2.36. The normalized spacial score (nSPS) is 10.1. The van der Waals surface area contributed by atoms with E-state index in [4.69, 9.17) is 0 Å². The van der Waals surface area contributed by atoms with E-state index in [1.165, 1.54) is 0 Å². The van der Waals surface area contributed by atoms with Gasteiger partial charge >= 0.3 is 0 Å². The van der Waals surface area contributed by atoms with Crippen LogP contribution in [0.1, 0.15) is 29.8 Å². The summed E-state index contributed by atoms with van der Waals surface area (Å²) in [4.78, 5) is 16.4. The first-order valence-corrected chi connectivity index (χ1v) is 6.83. The fraction of sp³-hybridized carbons (Fsp3) is 0.250. The highest BCUT2D eigenvalue weighted by atomic mass is 16.1. The summed E-state index contributed by atoms with van der Waals surface area (Å²) in [5, 5.41) is 6.13. The van der Waals surface area contributed by atoms with E-state index >= 15 is 0 Å². The molecule has 0 saturated carbocycles. The number of hydrogen-bond donors (Lipinski definition) is 2. The fourth-order valence-electron chi connectivity index (χ4n) is 2.06. The van der Waals surface area contributed by atoms with E-state index in [0.717, 1.165) is 29.9 Å². The molecule has 0 aliphatic heterocycles. The zero-order valence-electron chi connectivity index (χ0n) is 11.8. The minimum absolute atomic E-state index is 0.144. The Labute approximate surface area is 119 Å². The predicted molar refractivity (Wildman–Crippen MR) is 82.2 cm³/mol. The number of carbonyl (C=O) groups is 1. The molecule has 2 rings (SSSR count). The van der Waals surface area contributed by atoms with E-state index in [-0.39, 0.29) is 5.91 Å². The first kappa shape index (κ1) is 14.1. The summed E-state index contributed by atoms with van der Waals surface area (Å²) in [5.41, 5.74) is 3.33. The molecule has 1 amide bonds. The van der Waals surface area contributed by atoms with Gasteiger partial charge in [-0.3, -0.25) is 9.78 Å². The van der Waals surface area contributed by atoms with Crippen LogP contribution in [-0.2, 0) is 6.42 Å². The largest absolute Gasteiger partial charge is 0.385 e. The van der Waals surface area contributed by atoms with Crippen molar-refractivity contribution in [2.24, 2.45) is 0 Å². The molecule has 20 heavy (non-hydrogen) atoms. The minimum Gasteiger partial charge on any atom is -0.385 e. The van der Waals surface area contributed by atoms with Crippen molar-refractivity contribution in [2.45, 2.75) is 20.3 Å². The average molecular weight is 269 g/mol. The number of nitrogens with one attached hydrogen (secondary N) is 2. The molecule has 0 fully saturated rings. The Morgan fingerprint density at radius 1 is 1.15 bits per heavy atom. The molecule has 0 bridgehead atoms. The standard InChI is InChI=1S/C16H19N3O/c1-3-12-7-5-6-8-14(12)19-16(20)13-11-17-10-9-15(13)18-4-2/h5-11H,3-4H2,1-2H3,(H,17,18)(H,19,20). The van der Waals surface area contributed by atoms with E-state index in [0.29, 0.717) is 5.56 Å². The quantitative estimate of drug-likeness (QED) is 0.875. The number of nitrogens with zero attached hydrogens (tertiary/aromatic N) is 1. The van der Waals surface area contributed by atoms with Gasteiger partial charge in [0.25, 0.3) is 5.91 Å². The molecule has 2 aromatic rings. The number of anilines is 2. The topological polar surface area (TPSA) is 54.0 Å². The van der Waals surface area contributed by atoms with Gasteiger partial charge in [0.1, 0.15) is 0 Å². The fourth-order valence-corrected chi connectivity index (χ4v) is 2.06. The summed E-state index contributed by atoms with van der Waals surface area (Å²) in [6, 6.07) is 9.64. The van der Waals surface area contributed by atoms with Gasteiger partial charge < -0.3 is 10.6 Å². The second-order valence-electron chi connectivity index (χ2n) is 4.42. The lowest BCUT2D eigenvalue weighted by Crippen LogP contribution is -2.16. The van der Waals surface area contributed by atoms with Crippen LogP contribution in [0.15, 0.2) is 42.7 Å². The maximum Gasteiger partial charge on any atom is 0.259 e. The van der Waals surface area contributed by atoms with Crippen LogP contribution in [0, 0.1) is 0 Å². The van der Waals surface area contributed by atoms with Crippen LogP contribution in [0.2, 0.25) is 0 Å². The molecule has 1 aromatic carbocycles. The van der Waals surface area contributed by atoms with Gasteiger partial charge in [-0.2, -0.15) is 0 Å². The first-order valence-electron chi connectivity index (χ1n) is 6.83. The van der Waals surface area contributed by atoms with Crippen LogP contribution < -0.4 is 10.6 Å². The third-order valence-corrected chi connectivity index (χ3v) is 3.08. The van der Waals surface area contributed by atoms with Crippen LogP contribution >= 0.6 is 0 Å². The van der Waals surface area contributed by atoms with Crippen molar-refractivity contribution in [3.63, 3.8) is 0 Å². The third kappa shape index (κ3) is 3.15. The molecule has 0 spiro atoms. The number of benzene rings is 1. The van der Waals surface area contributed by atoms with Crippen molar-refractivity contribution in [1.29, 1.82) is 0 Å². The number of pyridine rings is 1. The van der Waals surface area contributed by atoms with Gasteiger partial charge in [-0.1, -0.05) is 25.1 Å². The maximum atomic E-state index is 12.4. The Kier molecular flexibility index (Phi) is 4.71. The summed E-state index contributed by atoms with van der Waals surface area (Å²) < 4.78 is 0. The van der Waals surface area contributed by atoms with Gasteiger partial charge in [-0.15, -0.1) is 0 Å². The zero-order chi connectivity index (χ0) is 14.4. The van der Waals surface area contributed by atoms with Crippen molar-refractivity contribution in [2.75, 3.05) is 17.2 Å². The van der Waals surface area contributed by atoms with Gasteiger partial charge in [-0.05, 0) is 31.0 Å². The van der Waals surface area contributed by atoms with Crippen molar-refractivity contribution < 1.29 is 4.79 Å². The predicted octanol–water partition coefficient (Wildman–Crippen LogP) is 3.33. The highest BCUT2D eigenvalue weighted by Gasteiger charge is 2.12. The number of aromatic nitrogens is 1. The first-order chi connectivity index (χ1) is 9.76. The highest BCUT2D eigenvalue weighted by molar-refractivity contribution is 6.08. The third-order valence-electron chi connectivity index (χ3n) is 3.08. The van der Waals surface area contributed by atoms with E-state index < -0.39 is 0 Å². The van der Waals surface area contributed by atoms with E-state index in [1.807, 2.05) is 37.3 Å². The minimum atomic E-state index is -0.144. The number of rotatable bonds is 5. The maximum absolute atomic E-state index is 12.4. The Balaban J connectivity index is 2.24. The van der Waals surface area contributed by atoms with E-state index in [2.05, 4.69) is 22.5 Å². The Bertz CT molecular complexity index is 596. The molecule has 1 aromatic heterocycles. The lowest BCUT2D eigenvalue weighted by atomic mass is 10.1. The number of aryl methyl sites for hydroxylation is 1. The molecule has 4 nitrogen and oxygen atoms in total. The molecular weight excluding hydrogens is 250 g/mol. The van der Waals surface area contributed by atoms with E-state index in [1.54, 1.807) is 12.4 Å². The second kappa shape index (κ2) is 6.70. The van der Waals surface area contributed by atoms with Gasteiger partial charge in [0.05, 0.1) is 11.3 Å². The van der Waals surface area contributed by atoms with Crippen molar-refractivity contribution in [3.05, 3.63) is 53.9 Å². The van der Waals surface area contributed by atoms with Crippen LogP contribution in [0.3, 0.4) is 0 Å². The number of carbonyl (C=O) groups excluding carboxylic acids is 1. The van der Waals surface area contributed by atoms with Crippen molar-refractivity contribution in [1.82, 2.24) is 4.98 Å².